The molecule has 2 aromatic rings. The molecule has 1 unspecified atom stereocenters. The summed E-state index contributed by atoms with van der Waals surface area (Å²) in [5.41, 5.74) is 1.56. The number of carbonyl (C=O) groups excluding carboxylic acids is 2. The molecule has 0 fully saturated rings. The van der Waals surface area contributed by atoms with Crippen molar-refractivity contribution in [3.8, 4) is 5.75 Å². The second-order valence-electron chi connectivity index (χ2n) is 7.38. The van der Waals surface area contributed by atoms with Crippen molar-refractivity contribution in [1.82, 2.24) is 4.90 Å². The van der Waals surface area contributed by atoms with Crippen molar-refractivity contribution in [3.05, 3.63) is 54.1 Å². The number of benzene rings is 2. The third kappa shape index (κ3) is 4.81. The Morgan fingerprint density at radius 3 is 2.43 bits per heavy atom. The van der Waals surface area contributed by atoms with Gasteiger partial charge in [0.1, 0.15) is 12.4 Å². The molecule has 0 bridgehead atoms. The number of ether oxygens (including phenoxy) is 1. The first kappa shape index (κ1) is 21.8. The highest BCUT2D eigenvalue weighted by atomic mass is 32.2. The predicted octanol–water partition coefficient (Wildman–Crippen LogP) is 2.82. The fourth-order valence-corrected chi connectivity index (χ4v) is 4.02. The lowest BCUT2D eigenvalue weighted by atomic mass is 10.1. The number of rotatable bonds is 6. The van der Waals surface area contributed by atoms with Crippen LogP contribution in [0, 0.1) is 0 Å². The lowest BCUT2D eigenvalue weighted by Gasteiger charge is -2.30. The maximum Gasteiger partial charge on any atom is 0.227 e. The second kappa shape index (κ2) is 8.87. The molecular weight excluding hydrogens is 404 g/mol. The fraction of sp³-hybridized carbons (Fsp3) is 0.364. The molecule has 1 aliphatic heterocycles. The number of fused-ring (bicyclic) bond motifs is 1. The van der Waals surface area contributed by atoms with E-state index < -0.39 is 9.84 Å². The number of amides is 2. The number of carbonyl (C=O) groups is 2. The van der Waals surface area contributed by atoms with Gasteiger partial charge in [-0.2, -0.15) is 0 Å². The molecule has 1 aliphatic rings. The van der Waals surface area contributed by atoms with E-state index in [-0.39, 0.29) is 35.6 Å². The highest BCUT2D eigenvalue weighted by molar-refractivity contribution is 7.90. The zero-order valence-corrected chi connectivity index (χ0v) is 18.2. The summed E-state index contributed by atoms with van der Waals surface area (Å²) in [6.45, 7) is 2.76. The molecule has 1 heterocycles. The zero-order valence-electron chi connectivity index (χ0n) is 17.4. The number of hydrogen-bond acceptors (Lipinski definition) is 5. The van der Waals surface area contributed by atoms with Crippen molar-refractivity contribution in [2.24, 2.45) is 0 Å². The minimum absolute atomic E-state index is 0.0978. The van der Waals surface area contributed by atoms with Crippen molar-refractivity contribution in [3.63, 3.8) is 0 Å². The van der Waals surface area contributed by atoms with E-state index in [0.29, 0.717) is 18.9 Å². The Hall–Kier alpha value is -2.87. The summed E-state index contributed by atoms with van der Waals surface area (Å²) in [6.07, 6.45) is 1.36. The predicted molar refractivity (Wildman–Crippen MR) is 114 cm³/mol. The van der Waals surface area contributed by atoms with Crippen LogP contribution in [0.25, 0.3) is 0 Å². The Kier molecular flexibility index (Phi) is 6.45. The van der Waals surface area contributed by atoms with Gasteiger partial charge in [0.25, 0.3) is 0 Å². The molecule has 0 aliphatic carbocycles. The highest BCUT2D eigenvalue weighted by Gasteiger charge is 2.25. The third-order valence-electron chi connectivity index (χ3n) is 5.35. The Balaban J connectivity index is 1.60. The van der Waals surface area contributed by atoms with E-state index in [1.807, 2.05) is 31.2 Å². The quantitative estimate of drug-likeness (QED) is 0.704. The van der Waals surface area contributed by atoms with E-state index in [1.54, 1.807) is 41.1 Å². The molecular formula is C22H26N2O5S. The van der Waals surface area contributed by atoms with E-state index in [1.165, 1.54) is 0 Å². The van der Waals surface area contributed by atoms with E-state index >= 15 is 0 Å². The largest absolute Gasteiger partial charge is 0.490 e. The maximum absolute atomic E-state index is 12.7. The van der Waals surface area contributed by atoms with Crippen LogP contribution in [-0.4, -0.2) is 51.6 Å². The monoisotopic (exact) mass is 430 g/mol. The van der Waals surface area contributed by atoms with E-state index in [9.17, 15) is 18.0 Å². The minimum atomic E-state index is -3.26. The SMILES string of the molecule is CC(c1ccc(S(C)(=O)=O)cc1)N(C)C(=O)CCC(=O)N1CCOc2ccccc21. The third-order valence-corrected chi connectivity index (χ3v) is 6.48. The summed E-state index contributed by atoms with van der Waals surface area (Å²) in [6, 6.07) is 13.6. The molecule has 0 N–H and O–H groups in total. The van der Waals surface area contributed by atoms with Crippen LogP contribution in [0.5, 0.6) is 5.75 Å². The molecule has 160 valence electrons. The average molecular weight is 431 g/mol. The maximum atomic E-state index is 12.7. The Labute approximate surface area is 177 Å². The van der Waals surface area contributed by atoms with Crippen LogP contribution in [0.1, 0.15) is 31.4 Å². The van der Waals surface area contributed by atoms with Gasteiger partial charge < -0.3 is 14.5 Å². The Morgan fingerprint density at radius 1 is 1.10 bits per heavy atom. The molecule has 7 nitrogen and oxygen atoms in total. The van der Waals surface area contributed by atoms with E-state index in [4.69, 9.17) is 4.74 Å². The second-order valence-corrected chi connectivity index (χ2v) is 9.40. The lowest BCUT2D eigenvalue weighted by Crippen LogP contribution is -2.38. The molecule has 3 rings (SSSR count). The van der Waals surface area contributed by atoms with Crippen LogP contribution in [0.4, 0.5) is 5.69 Å². The molecule has 1 atom stereocenters. The zero-order chi connectivity index (χ0) is 21.9. The van der Waals surface area contributed by atoms with Crippen LogP contribution >= 0.6 is 0 Å². The van der Waals surface area contributed by atoms with Crippen molar-refractivity contribution < 1.29 is 22.7 Å². The van der Waals surface area contributed by atoms with Gasteiger partial charge in [-0.3, -0.25) is 9.59 Å². The van der Waals surface area contributed by atoms with Gasteiger partial charge in [-0.25, -0.2) is 8.42 Å². The summed E-state index contributed by atoms with van der Waals surface area (Å²) in [5.74, 6) is 0.411. The Bertz CT molecular complexity index is 1030. The topological polar surface area (TPSA) is 84.0 Å². The van der Waals surface area contributed by atoms with Gasteiger partial charge in [0.05, 0.1) is 23.2 Å². The van der Waals surface area contributed by atoms with Gasteiger partial charge in [-0.1, -0.05) is 24.3 Å². The van der Waals surface area contributed by atoms with Crippen LogP contribution in [0.3, 0.4) is 0 Å². The van der Waals surface area contributed by atoms with E-state index in [0.717, 1.165) is 17.5 Å². The van der Waals surface area contributed by atoms with Gasteiger partial charge in [0.2, 0.25) is 11.8 Å². The molecule has 0 aromatic heterocycles. The summed E-state index contributed by atoms with van der Waals surface area (Å²) in [4.78, 5) is 28.8. The first-order chi connectivity index (χ1) is 14.2. The van der Waals surface area contributed by atoms with Gasteiger partial charge in [-0.15, -0.1) is 0 Å². The number of anilines is 1. The lowest BCUT2D eigenvalue weighted by molar-refractivity contribution is -0.133. The molecule has 0 saturated carbocycles. The fourth-order valence-electron chi connectivity index (χ4n) is 3.39. The normalized spacial score (nSPS) is 14.4. The van der Waals surface area contributed by atoms with Gasteiger partial charge in [-0.05, 0) is 36.8 Å². The molecule has 2 amide bonds. The first-order valence-electron chi connectivity index (χ1n) is 9.76. The average Bonchev–Trinajstić information content (AvgIpc) is 2.75. The summed E-state index contributed by atoms with van der Waals surface area (Å²) >= 11 is 0. The standard InChI is InChI=1S/C22H26N2O5S/c1-16(17-8-10-18(11-9-17)30(3,27)28)23(2)21(25)12-13-22(26)24-14-15-29-20-7-5-4-6-19(20)24/h4-11,16H,12-15H2,1-3H3. The molecule has 0 radical (unpaired) electrons. The van der Waals surface area contributed by atoms with Crippen molar-refractivity contribution in [1.29, 1.82) is 0 Å². The highest BCUT2D eigenvalue weighted by Crippen LogP contribution is 2.31. The molecule has 30 heavy (non-hydrogen) atoms. The van der Waals surface area contributed by atoms with Crippen LogP contribution in [0.2, 0.25) is 0 Å². The molecule has 0 saturated heterocycles. The first-order valence-corrected chi connectivity index (χ1v) is 11.7. The number of nitrogens with zero attached hydrogens (tertiary/aromatic N) is 2. The van der Waals surface area contributed by atoms with Gasteiger partial charge >= 0.3 is 0 Å². The minimum Gasteiger partial charge on any atom is -0.490 e. The molecule has 0 spiro atoms. The number of hydrogen-bond donors (Lipinski definition) is 0. The Morgan fingerprint density at radius 2 is 1.77 bits per heavy atom. The van der Waals surface area contributed by atoms with Crippen molar-refractivity contribution >= 4 is 27.3 Å². The smallest absolute Gasteiger partial charge is 0.227 e. The van der Waals surface area contributed by atoms with Crippen molar-refractivity contribution in [2.45, 2.75) is 30.7 Å². The number of para-hydroxylation sites is 2. The molecule has 2 aromatic carbocycles. The summed E-state index contributed by atoms with van der Waals surface area (Å²) in [7, 11) is -1.58. The number of sulfone groups is 1. The summed E-state index contributed by atoms with van der Waals surface area (Å²) in [5, 5.41) is 0. The van der Waals surface area contributed by atoms with Crippen molar-refractivity contribution in [2.75, 3.05) is 31.4 Å². The van der Waals surface area contributed by atoms with Crippen LogP contribution in [-0.2, 0) is 19.4 Å². The molecule has 8 heteroatoms. The van der Waals surface area contributed by atoms with Crippen LogP contribution in [0.15, 0.2) is 53.4 Å². The van der Waals surface area contributed by atoms with Crippen LogP contribution < -0.4 is 9.64 Å². The van der Waals surface area contributed by atoms with Gasteiger partial charge in [0, 0.05) is 26.1 Å². The van der Waals surface area contributed by atoms with Gasteiger partial charge in [0.15, 0.2) is 9.84 Å². The van der Waals surface area contributed by atoms with E-state index in [2.05, 4.69) is 0 Å². The summed E-state index contributed by atoms with van der Waals surface area (Å²) < 4.78 is 28.8.